The summed E-state index contributed by atoms with van der Waals surface area (Å²) < 4.78 is 0. The molecule has 0 spiro atoms. The van der Waals surface area contributed by atoms with Crippen molar-refractivity contribution in [2.24, 2.45) is 0 Å². The molecular weight excluding hydrogens is 156 g/mol. The third-order valence-electron chi connectivity index (χ3n) is 2.66. The lowest BCUT2D eigenvalue weighted by Crippen LogP contribution is -1.89. The Hall–Kier alpha value is -1.30. The van der Waals surface area contributed by atoms with E-state index in [-0.39, 0.29) is 0 Å². The summed E-state index contributed by atoms with van der Waals surface area (Å²) in [6.07, 6.45) is 0. The molecule has 1 aliphatic carbocycles. The SMILES string of the molecule is CC1(C)c2ccccccccc21. The van der Waals surface area contributed by atoms with E-state index in [1.807, 2.05) is 12.1 Å². The van der Waals surface area contributed by atoms with Gasteiger partial charge >= 0.3 is 0 Å². The third kappa shape index (κ3) is 1.44. The lowest BCUT2D eigenvalue weighted by Gasteiger charge is -1.93. The molecule has 0 fully saturated rings. The van der Waals surface area contributed by atoms with Gasteiger partial charge in [-0.2, -0.15) is 0 Å². The predicted octanol–water partition coefficient (Wildman–Crippen LogP) is 3.45. The number of hydrogen-bond acceptors (Lipinski definition) is 0. The molecule has 0 nitrogen and oxygen atoms in total. The van der Waals surface area contributed by atoms with Crippen LogP contribution in [0.2, 0.25) is 0 Å². The molecule has 13 heavy (non-hydrogen) atoms. The molecule has 0 N–H and O–H groups in total. The van der Waals surface area contributed by atoms with E-state index in [0.29, 0.717) is 5.41 Å². The highest BCUT2D eigenvalue weighted by atomic mass is 14.4. The first-order valence-electron chi connectivity index (χ1n) is 4.66. The van der Waals surface area contributed by atoms with Crippen molar-refractivity contribution >= 4 is 0 Å². The topological polar surface area (TPSA) is 0 Å². The van der Waals surface area contributed by atoms with Gasteiger partial charge in [-0.05, 0) is 11.1 Å². The van der Waals surface area contributed by atoms with Crippen LogP contribution in [0, 0.1) is 0 Å². The van der Waals surface area contributed by atoms with E-state index in [9.17, 15) is 0 Å². The van der Waals surface area contributed by atoms with Gasteiger partial charge in [-0.15, -0.1) is 0 Å². The first-order valence-corrected chi connectivity index (χ1v) is 4.66. The molecule has 0 heterocycles. The van der Waals surface area contributed by atoms with Crippen LogP contribution >= 0.6 is 0 Å². The molecule has 0 heteroatoms. The van der Waals surface area contributed by atoms with Crippen molar-refractivity contribution in [3.05, 3.63) is 59.7 Å². The Bertz CT molecular complexity index is 338. The highest BCUT2D eigenvalue weighted by Crippen LogP contribution is 2.47. The zero-order chi connectivity index (χ0) is 9.31. The van der Waals surface area contributed by atoms with E-state index in [1.165, 1.54) is 11.1 Å². The minimum Gasteiger partial charge on any atom is -0.0623 e. The molecule has 1 aliphatic rings. The summed E-state index contributed by atoms with van der Waals surface area (Å²) in [5.41, 5.74) is 3.23. The average molecular weight is 170 g/mol. The molecule has 66 valence electrons. The van der Waals surface area contributed by atoms with Gasteiger partial charge in [0.05, 0.1) is 0 Å². The van der Waals surface area contributed by atoms with Gasteiger partial charge < -0.3 is 0 Å². The fourth-order valence-corrected chi connectivity index (χ4v) is 1.68. The van der Waals surface area contributed by atoms with Gasteiger partial charge in [0.2, 0.25) is 0 Å². The molecule has 0 radical (unpaired) electrons. The van der Waals surface area contributed by atoms with Crippen LogP contribution in [0.3, 0.4) is 0 Å². The summed E-state index contributed by atoms with van der Waals surface area (Å²) in [5.74, 6) is 0. The van der Waals surface area contributed by atoms with Crippen molar-refractivity contribution in [3.63, 3.8) is 0 Å². The monoisotopic (exact) mass is 170 g/mol. The minimum atomic E-state index is 0.305. The van der Waals surface area contributed by atoms with Crippen LogP contribution in [-0.2, 0) is 5.41 Å². The molecular formula is C13H14. The molecule has 0 saturated carbocycles. The van der Waals surface area contributed by atoms with Crippen molar-refractivity contribution in [1.29, 1.82) is 0 Å². The second-order valence-corrected chi connectivity index (χ2v) is 3.94. The highest BCUT2D eigenvalue weighted by Gasteiger charge is 2.39. The van der Waals surface area contributed by atoms with Crippen LogP contribution in [0.4, 0.5) is 0 Å². The molecule has 0 unspecified atom stereocenters. The summed E-state index contributed by atoms with van der Waals surface area (Å²) in [7, 11) is 0. The summed E-state index contributed by atoms with van der Waals surface area (Å²) in [6.45, 7) is 4.52. The van der Waals surface area contributed by atoms with Crippen molar-refractivity contribution in [2.75, 3.05) is 0 Å². The van der Waals surface area contributed by atoms with Crippen molar-refractivity contribution in [3.8, 4) is 0 Å². The van der Waals surface area contributed by atoms with Gasteiger partial charge in [-0.25, -0.2) is 0 Å². The number of rotatable bonds is 0. The summed E-state index contributed by atoms with van der Waals surface area (Å²) in [5, 5.41) is 0. The molecule has 2 rings (SSSR count). The van der Waals surface area contributed by atoms with Crippen LogP contribution in [-0.4, -0.2) is 0 Å². The van der Waals surface area contributed by atoms with Crippen LogP contribution < -0.4 is 0 Å². The largest absolute Gasteiger partial charge is 0.0623 e. The van der Waals surface area contributed by atoms with Crippen LogP contribution in [0.15, 0.2) is 48.5 Å². The number of hydrogen-bond donors (Lipinski definition) is 0. The van der Waals surface area contributed by atoms with Gasteiger partial charge in [0.25, 0.3) is 0 Å². The maximum Gasteiger partial charge on any atom is 0.0152 e. The predicted molar refractivity (Wildman–Crippen MR) is 56.2 cm³/mol. The fraction of sp³-hybridized carbons (Fsp3) is 0.231. The fourth-order valence-electron chi connectivity index (χ4n) is 1.68. The van der Waals surface area contributed by atoms with Crippen molar-refractivity contribution in [1.82, 2.24) is 0 Å². The lowest BCUT2D eigenvalue weighted by atomic mass is 10.1. The van der Waals surface area contributed by atoms with E-state index in [0.717, 1.165) is 0 Å². The highest BCUT2D eigenvalue weighted by molar-refractivity contribution is 5.56. The number of fused-ring (bicyclic) bond motifs is 1. The van der Waals surface area contributed by atoms with E-state index < -0.39 is 0 Å². The standard InChI is InChI=1S/C13H14/c1-13(2)11-9-7-5-3-4-6-8-10-12(11)13/h3-10H,1-2H3. The van der Waals surface area contributed by atoms with Crippen molar-refractivity contribution in [2.45, 2.75) is 19.3 Å². The summed E-state index contributed by atoms with van der Waals surface area (Å²) in [6, 6.07) is 16.8. The molecule has 0 bridgehead atoms. The first-order chi connectivity index (χ1) is 6.23. The summed E-state index contributed by atoms with van der Waals surface area (Å²) >= 11 is 0. The molecule has 0 amide bonds. The zero-order valence-corrected chi connectivity index (χ0v) is 8.12. The van der Waals surface area contributed by atoms with Crippen LogP contribution in [0.1, 0.15) is 25.0 Å². The molecule has 0 aromatic heterocycles. The van der Waals surface area contributed by atoms with E-state index in [2.05, 4.69) is 50.2 Å². The van der Waals surface area contributed by atoms with Gasteiger partial charge in [0.15, 0.2) is 0 Å². The molecule has 0 saturated heterocycles. The molecule has 0 aliphatic heterocycles. The maximum absolute atomic E-state index is 2.26. The molecule has 1 aromatic rings. The Balaban J connectivity index is 2.55. The first kappa shape index (κ1) is 8.31. The maximum atomic E-state index is 2.26. The van der Waals surface area contributed by atoms with Crippen LogP contribution in [0.5, 0.6) is 0 Å². The van der Waals surface area contributed by atoms with Gasteiger partial charge in [-0.1, -0.05) is 62.4 Å². The second kappa shape index (κ2) is 2.88. The minimum absolute atomic E-state index is 0.305. The van der Waals surface area contributed by atoms with Crippen molar-refractivity contribution < 1.29 is 0 Å². The quantitative estimate of drug-likeness (QED) is 0.559. The Kier molecular flexibility index (Phi) is 1.84. The third-order valence-corrected chi connectivity index (χ3v) is 2.66. The average Bonchev–Trinajstić information content (AvgIpc) is 2.63. The second-order valence-electron chi connectivity index (χ2n) is 3.94. The van der Waals surface area contributed by atoms with E-state index in [1.54, 1.807) is 0 Å². The van der Waals surface area contributed by atoms with Gasteiger partial charge in [-0.3, -0.25) is 0 Å². The van der Waals surface area contributed by atoms with Gasteiger partial charge in [0, 0.05) is 5.41 Å². The van der Waals surface area contributed by atoms with E-state index in [4.69, 9.17) is 0 Å². The normalized spacial score (nSPS) is 15.5. The molecule has 1 aromatic carbocycles. The summed E-state index contributed by atoms with van der Waals surface area (Å²) in [4.78, 5) is 0. The Labute approximate surface area is 79.6 Å². The Morgan fingerprint density at radius 1 is 0.692 bits per heavy atom. The Morgan fingerprint density at radius 2 is 1.08 bits per heavy atom. The zero-order valence-electron chi connectivity index (χ0n) is 8.12. The molecule has 0 atom stereocenters. The van der Waals surface area contributed by atoms with Crippen LogP contribution in [0.25, 0.3) is 0 Å². The smallest absolute Gasteiger partial charge is 0.0152 e. The van der Waals surface area contributed by atoms with E-state index >= 15 is 0 Å². The lowest BCUT2D eigenvalue weighted by molar-refractivity contribution is 0.792. The van der Waals surface area contributed by atoms with Gasteiger partial charge in [0.1, 0.15) is 0 Å². The Morgan fingerprint density at radius 3 is 1.54 bits per heavy atom.